The standard InChI is InChI=1S/CH4ClO3P/c2-1-6(3,4)5/h1H2,(H2,3,4,5)/p-1. The van der Waals surface area contributed by atoms with Gasteiger partial charge in [-0.05, 0) is 0 Å². The Labute approximate surface area is 40.1 Å². The Hall–Kier alpha value is 0.440. The number of rotatable bonds is 1. The highest BCUT2D eigenvalue weighted by Gasteiger charge is 1.92. The van der Waals surface area contributed by atoms with Gasteiger partial charge in [-0.2, -0.15) is 0 Å². The molecule has 0 radical (unpaired) electrons. The Morgan fingerprint density at radius 2 is 2.17 bits per heavy atom. The van der Waals surface area contributed by atoms with E-state index in [2.05, 4.69) is 11.6 Å². The van der Waals surface area contributed by atoms with E-state index in [1.165, 1.54) is 0 Å². The summed E-state index contributed by atoms with van der Waals surface area (Å²) in [5.74, 6) is 0. The molecule has 0 aliphatic rings. The van der Waals surface area contributed by atoms with Gasteiger partial charge in [0, 0.05) is 0 Å². The van der Waals surface area contributed by atoms with Crippen molar-refractivity contribution in [3.05, 3.63) is 0 Å². The largest absolute Gasteiger partial charge is 0.778 e. The minimum atomic E-state index is -4.13. The van der Waals surface area contributed by atoms with Gasteiger partial charge < -0.3 is 14.4 Å². The Morgan fingerprint density at radius 1 is 2.00 bits per heavy atom. The van der Waals surface area contributed by atoms with E-state index in [0.29, 0.717) is 0 Å². The maximum atomic E-state index is 9.45. The van der Waals surface area contributed by atoms with Gasteiger partial charge in [-0.15, -0.1) is 11.6 Å². The van der Waals surface area contributed by atoms with Crippen LogP contribution in [-0.4, -0.2) is 10.5 Å². The maximum absolute atomic E-state index is 9.45. The van der Waals surface area contributed by atoms with Gasteiger partial charge in [-0.25, -0.2) is 0 Å². The van der Waals surface area contributed by atoms with Gasteiger partial charge in [0.2, 0.25) is 0 Å². The van der Waals surface area contributed by atoms with E-state index in [-0.39, 0.29) is 0 Å². The maximum Gasteiger partial charge on any atom is 0.147 e. The van der Waals surface area contributed by atoms with E-state index in [1.54, 1.807) is 0 Å². The van der Waals surface area contributed by atoms with E-state index < -0.39 is 13.2 Å². The molecule has 1 unspecified atom stereocenters. The second kappa shape index (κ2) is 1.94. The Balaban J connectivity index is 3.48. The lowest BCUT2D eigenvalue weighted by Gasteiger charge is -2.08. The van der Waals surface area contributed by atoms with Crippen LogP contribution in [0.3, 0.4) is 0 Å². The van der Waals surface area contributed by atoms with Crippen LogP contribution in [0.4, 0.5) is 0 Å². The van der Waals surface area contributed by atoms with Gasteiger partial charge in [0.25, 0.3) is 0 Å². The normalized spacial score (nSPS) is 19.8. The van der Waals surface area contributed by atoms with Crippen LogP contribution in [0.15, 0.2) is 0 Å². The van der Waals surface area contributed by atoms with Crippen LogP contribution < -0.4 is 4.89 Å². The number of alkyl halides is 1. The molecule has 1 atom stereocenters. The predicted octanol–water partition coefficient (Wildman–Crippen LogP) is -0.272. The van der Waals surface area contributed by atoms with Crippen LogP contribution in [-0.2, 0) is 4.57 Å². The molecule has 0 saturated carbocycles. The van der Waals surface area contributed by atoms with Crippen molar-refractivity contribution < 1.29 is 14.4 Å². The van der Waals surface area contributed by atoms with Gasteiger partial charge in [0.15, 0.2) is 0 Å². The first-order valence-electron chi connectivity index (χ1n) is 1.15. The summed E-state index contributed by atoms with van der Waals surface area (Å²) in [6, 6.07) is 0. The quantitative estimate of drug-likeness (QED) is 0.392. The number of hydrogen-bond donors (Lipinski definition) is 1. The molecule has 6 heavy (non-hydrogen) atoms. The van der Waals surface area contributed by atoms with E-state index in [4.69, 9.17) is 4.89 Å². The lowest BCUT2D eigenvalue weighted by Crippen LogP contribution is -1.98. The Bertz CT molecular complexity index is 74.9. The predicted molar refractivity (Wildman–Crippen MR) is 20.5 cm³/mol. The third-order valence-corrected chi connectivity index (χ3v) is 1.36. The van der Waals surface area contributed by atoms with Crippen molar-refractivity contribution in [1.82, 2.24) is 0 Å². The first-order chi connectivity index (χ1) is 2.56. The summed E-state index contributed by atoms with van der Waals surface area (Å²) in [6.07, 6.45) is 0. The molecule has 0 saturated heterocycles. The summed E-state index contributed by atoms with van der Waals surface area (Å²) < 4.78 is 9.45. The smallest absolute Gasteiger partial charge is 0.147 e. The Morgan fingerprint density at radius 3 is 2.17 bits per heavy atom. The summed E-state index contributed by atoms with van der Waals surface area (Å²) in [4.78, 5) is 17.1. The molecular formula is CH3ClO3P-. The summed E-state index contributed by atoms with van der Waals surface area (Å²) >= 11 is 4.65. The van der Waals surface area contributed by atoms with E-state index in [9.17, 15) is 9.46 Å². The van der Waals surface area contributed by atoms with Crippen molar-refractivity contribution in [2.45, 2.75) is 0 Å². The van der Waals surface area contributed by atoms with Crippen molar-refractivity contribution in [3.63, 3.8) is 0 Å². The summed E-state index contributed by atoms with van der Waals surface area (Å²) in [7, 11) is -4.13. The zero-order valence-corrected chi connectivity index (χ0v) is 4.45. The molecule has 0 fully saturated rings. The molecule has 3 nitrogen and oxygen atoms in total. The second-order valence-electron chi connectivity index (χ2n) is 0.757. The minimum absolute atomic E-state index is 0.701. The number of hydrogen-bond acceptors (Lipinski definition) is 2. The minimum Gasteiger partial charge on any atom is -0.778 e. The fraction of sp³-hybridized carbons (Fsp3) is 1.00. The molecular weight excluding hydrogens is 126 g/mol. The molecule has 0 aromatic carbocycles. The fourth-order valence-corrected chi connectivity index (χ4v) is 0. The van der Waals surface area contributed by atoms with Crippen molar-refractivity contribution >= 4 is 19.2 Å². The summed E-state index contributed by atoms with van der Waals surface area (Å²) in [6.45, 7) is 0. The van der Waals surface area contributed by atoms with Crippen LogP contribution >= 0.6 is 19.2 Å². The fourth-order valence-electron chi connectivity index (χ4n) is 0. The first-order valence-corrected chi connectivity index (χ1v) is 3.45. The van der Waals surface area contributed by atoms with Crippen LogP contribution in [0.5, 0.6) is 0 Å². The average molecular weight is 129 g/mol. The molecule has 0 amide bonds. The van der Waals surface area contributed by atoms with Gasteiger partial charge in [0.1, 0.15) is 7.60 Å². The summed E-state index contributed by atoms with van der Waals surface area (Å²) in [5, 5.41) is 0. The molecule has 0 aromatic heterocycles. The average Bonchev–Trinajstić information content (AvgIpc) is 1.35. The van der Waals surface area contributed by atoms with Gasteiger partial charge in [0.05, 0.1) is 5.62 Å². The Kier molecular flexibility index (Phi) is 2.08. The van der Waals surface area contributed by atoms with E-state index in [0.717, 1.165) is 0 Å². The molecule has 0 spiro atoms. The highest BCUT2D eigenvalue weighted by molar-refractivity contribution is 7.52. The van der Waals surface area contributed by atoms with Crippen LogP contribution in [0.2, 0.25) is 0 Å². The van der Waals surface area contributed by atoms with Crippen LogP contribution in [0, 0.1) is 0 Å². The molecule has 0 rings (SSSR count). The molecule has 0 aliphatic carbocycles. The highest BCUT2D eigenvalue weighted by Crippen LogP contribution is 2.29. The topological polar surface area (TPSA) is 60.4 Å². The van der Waals surface area contributed by atoms with Crippen LogP contribution in [0.1, 0.15) is 0 Å². The van der Waals surface area contributed by atoms with E-state index >= 15 is 0 Å². The summed E-state index contributed by atoms with van der Waals surface area (Å²) in [5.41, 5.74) is -0.701. The van der Waals surface area contributed by atoms with Crippen molar-refractivity contribution in [3.8, 4) is 0 Å². The third kappa shape index (κ3) is 4.44. The lowest BCUT2D eigenvalue weighted by molar-refractivity contribution is -0.192. The molecule has 38 valence electrons. The van der Waals surface area contributed by atoms with Crippen molar-refractivity contribution in [2.24, 2.45) is 0 Å². The SMILES string of the molecule is O=P([O-])(O)CCl. The molecule has 0 heterocycles. The number of halogens is 1. The van der Waals surface area contributed by atoms with Gasteiger partial charge in [-0.3, -0.25) is 0 Å². The monoisotopic (exact) mass is 129 g/mol. The molecule has 1 N–H and O–H groups in total. The highest BCUT2D eigenvalue weighted by atomic mass is 35.5. The lowest BCUT2D eigenvalue weighted by atomic mass is 11.9. The molecule has 0 aliphatic heterocycles. The van der Waals surface area contributed by atoms with Gasteiger partial charge in [-0.1, -0.05) is 0 Å². The van der Waals surface area contributed by atoms with Crippen molar-refractivity contribution in [2.75, 3.05) is 5.62 Å². The second-order valence-corrected chi connectivity index (χ2v) is 2.99. The molecule has 0 bridgehead atoms. The van der Waals surface area contributed by atoms with Crippen LogP contribution in [0.25, 0.3) is 0 Å². The van der Waals surface area contributed by atoms with Gasteiger partial charge >= 0.3 is 0 Å². The molecule has 5 heteroatoms. The third-order valence-electron chi connectivity index (χ3n) is 0.151. The first kappa shape index (κ1) is 6.44. The van der Waals surface area contributed by atoms with Crippen molar-refractivity contribution in [1.29, 1.82) is 0 Å². The molecule has 0 aromatic rings. The van der Waals surface area contributed by atoms with E-state index in [1.807, 2.05) is 0 Å². The zero-order valence-electron chi connectivity index (χ0n) is 2.80. The zero-order chi connectivity index (χ0) is 5.21.